The molecule has 0 saturated carbocycles. The number of ether oxygens (including phenoxy) is 4. The molecule has 6 atom stereocenters. The van der Waals surface area contributed by atoms with Gasteiger partial charge in [0.1, 0.15) is 19.3 Å². The van der Waals surface area contributed by atoms with E-state index in [1.807, 2.05) is 0 Å². The van der Waals surface area contributed by atoms with Crippen molar-refractivity contribution >= 4 is 39.5 Å². The van der Waals surface area contributed by atoms with Gasteiger partial charge in [0.25, 0.3) is 0 Å². The summed E-state index contributed by atoms with van der Waals surface area (Å²) in [4.78, 5) is 73.0. The van der Waals surface area contributed by atoms with Crippen LogP contribution in [0.25, 0.3) is 0 Å². The van der Waals surface area contributed by atoms with Crippen LogP contribution in [-0.2, 0) is 65.4 Å². The number of phosphoric acid groups is 2. The van der Waals surface area contributed by atoms with Crippen molar-refractivity contribution in [2.45, 2.75) is 446 Å². The van der Waals surface area contributed by atoms with Gasteiger partial charge in [-0.1, -0.05) is 376 Å². The van der Waals surface area contributed by atoms with E-state index in [2.05, 4.69) is 48.5 Å². The van der Waals surface area contributed by atoms with E-state index in [0.29, 0.717) is 31.6 Å². The van der Waals surface area contributed by atoms with Crippen molar-refractivity contribution in [3.63, 3.8) is 0 Å². The Morgan fingerprint density at radius 3 is 0.752 bits per heavy atom. The Labute approximate surface area is 619 Å². The van der Waals surface area contributed by atoms with Crippen molar-refractivity contribution in [3.05, 3.63) is 0 Å². The molecule has 0 aliphatic carbocycles. The van der Waals surface area contributed by atoms with E-state index in [4.69, 9.17) is 37.0 Å². The number of carbonyl (C=O) groups excluding carboxylic acids is 4. The van der Waals surface area contributed by atoms with Crippen molar-refractivity contribution in [3.8, 4) is 0 Å². The van der Waals surface area contributed by atoms with Crippen LogP contribution in [-0.4, -0.2) is 96.7 Å². The molecule has 0 aromatic heterocycles. The van der Waals surface area contributed by atoms with E-state index in [0.717, 1.165) is 108 Å². The van der Waals surface area contributed by atoms with Crippen LogP contribution in [0.5, 0.6) is 0 Å². The molecular formula is C82H160O17P2. The SMILES string of the molecule is CCCCCCCCCCCCCCCCCCCCCCCC(=O)O[C@H](COC(=O)CCCCCCCCCCCCCCCCC(C)CC)COP(=O)(O)OC[C@@H](O)COP(=O)(O)OC[C@@H](COC(=O)CCCCCCCCCC(C)C)OC(=O)CCCCCCCCCCCC(C)C. The van der Waals surface area contributed by atoms with Gasteiger partial charge in [0.15, 0.2) is 12.2 Å². The van der Waals surface area contributed by atoms with Gasteiger partial charge in [-0.3, -0.25) is 37.3 Å². The summed E-state index contributed by atoms with van der Waals surface area (Å²) in [7, 11) is -9.92. The summed E-state index contributed by atoms with van der Waals surface area (Å²) >= 11 is 0. The van der Waals surface area contributed by atoms with Gasteiger partial charge >= 0.3 is 39.5 Å². The standard InChI is InChI=1S/C82H160O17P2/c1-8-10-11-12-13-14-15-16-17-18-19-20-21-22-23-28-31-36-43-51-58-65-81(86)98-77(69-92-79(84)63-56-49-42-35-30-27-25-24-26-29-34-41-48-55-62-75(7)9-2)71-96-100(88,89)94-67-76(83)68-95-101(90,91)97-72-78(70-93-80(85)64-57-50-45-38-40-47-54-61-74(5)6)99-82(87)66-59-52-44-37-32-33-39-46-53-60-73(3)4/h73-78,83H,8-72H2,1-7H3,(H,88,89)(H,90,91)/t75?,76-,77-,78-/m1/s1. The largest absolute Gasteiger partial charge is 0.472 e. The molecule has 0 saturated heterocycles. The molecule has 0 aromatic carbocycles. The van der Waals surface area contributed by atoms with Gasteiger partial charge in [0, 0.05) is 25.7 Å². The molecule has 0 fully saturated rings. The zero-order valence-corrected chi connectivity index (χ0v) is 68.2. The highest BCUT2D eigenvalue weighted by Crippen LogP contribution is 2.45. The first kappa shape index (κ1) is 99.1. The Bertz CT molecular complexity index is 1960. The lowest BCUT2D eigenvalue weighted by Gasteiger charge is -2.21. The lowest BCUT2D eigenvalue weighted by atomic mass is 9.99. The van der Waals surface area contributed by atoms with Crippen LogP contribution in [0.2, 0.25) is 0 Å². The smallest absolute Gasteiger partial charge is 0.462 e. The Hall–Kier alpha value is -1.94. The maximum Gasteiger partial charge on any atom is 0.472 e. The van der Waals surface area contributed by atoms with Gasteiger partial charge in [0.2, 0.25) is 0 Å². The first-order valence-electron chi connectivity index (χ1n) is 42.4. The van der Waals surface area contributed by atoms with Crippen LogP contribution in [0.4, 0.5) is 0 Å². The van der Waals surface area contributed by atoms with Gasteiger partial charge < -0.3 is 33.8 Å². The normalized spacial score (nSPS) is 14.2. The molecule has 3 unspecified atom stereocenters. The lowest BCUT2D eigenvalue weighted by molar-refractivity contribution is -0.161. The number of aliphatic hydroxyl groups excluding tert-OH is 1. The summed E-state index contributed by atoms with van der Waals surface area (Å²) in [5, 5.41) is 10.6. The molecule has 17 nitrogen and oxygen atoms in total. The molecule has 19 heteroatoms. The number of phosphoric ester groups is 2. The highest BCUT2D eigenvalue weighted by molar-refractivity contribution is 7.47. The predicted octanol–water partition coefficient (Wildman–Crippen LogP) is 24.5. The van der Waals surface area contributed by atoms with Gasteiger partial charge in [0.05, 0.1) is 26.4 Å². The third-order valence-corrected chi connectivity index (χ3v) is 21.4. The maximum absolute atomic E-state index is 13.1. The second-order valence-electron chi connectivity index (χ2n) is 30.7. The molecule has 0 aromatic rings. The fraction of sp³-hybridized carbons (Fsp3) is 0.951. The minimum absolute atomic E-state index is 0.105. The Morgan fingerprint density at radius 1 is 0.287 bits per heavy atom. The second kappa shape index (κ2) is 72.3. The molecule has 0 aliphatic rings. The van der Waals surface area contributed by atoms with Gasteiger partial charge in [-0.25, -0.2) is 9.13 Å². The highest BCUT2D eigenvalue weighted by Gasteiger charge is 2.30. The fourth-order valence-electron chi connectivity index (χ4n) is 12.6. The van der Waals surface area contributed by atoms with Crippen LogP contribution in [0.3, 0.4) is 0 Å². The molecule has 0 aliphatic heterocycles. The van der Waals surface area contributed by atoms with E-state index >= 15 is 0 Å². The predicted molar refractivity (Wildman–Crippen MR) is 414 cm³/mol. The summed E-state index contributed by atoms with van der Waals surface area (Å²) < 4.78 is 68.7. The first-order chi connectivity index (χ1) is 48.8. The van der Waals surface area contributed by atoms with Gasteiger partial charge in [-0.2, -0.15) is 0 Å². The monoisotopic (exact) mass is 1480 g/mol. The zero-order valence-electron chi connectivity index (χ0n) is 66.4. The van der Waals surface area contributed by atoms with E-state index < -0.39 is 97.5 Å². The van der Waals surface area contributed by atoms with Crippen LogP contribution in [0.15, 0.2) is 0 Å². The van der Waals surface area contributed by atoms with E-state index in [1.165, 1.54) is 231 Å². The highest BCUT2D eigenvalue weighted by atomic mass is 31.2. The number of hydrogen-bond acceptors (Lipinski definition) is 15. The summed E-state index contributed by atoms with van der Waals surface area (Å²) in [6, 6.07) is 0. The summed E-state index contributed by atoms with van der Waals surface area (Å²) in [5.41, 5.74) is 0. The average molecular weight is 1480 g/mol. The third-order valence-electron chi connectivity index (χ3n) is 19.5. The summed E-state index contributed by atoms with van der Waals surface area (Å²) in [5.74, 6) is 0.178. The molecule has 3 N–H and O–H groups in total. The molecule has 0 rings (SSSR count). The first-order valence-corrected chi connectivity index (χ1v) is 45.4. The topological polar surface area (TPSA) is 237 Å². The molecule has 600 valence electrons. The molecule has 0 spiro atoms. The molecule has 0 radical (unpaired) electrons. The van der Waals surface area contributed by atoms with Crippen molar-refractivity contribution in [2.75, 3.05) is 39.6 Å². The quantitative estimate of drug-likeness (QED) is 0.0222. The minimum Gasteiger partial charge on any atom is -0.462 e. The van der Waals surface area contributed by atoms with Crippen LogP contribution in [0.1, 0.15) is 427 Å². The van der Waals surface area contributed by atoms with Crippen molar-refractivity contribution in [1.29, 1.82) is 0 Å². The van der Waals surface area contributed by atoms with Crippen LogP contribution < -0.4 is 0 Å². The van der Waals surface area contributed by atoms with Gasteiger partial charge in [-0.05, 0) is 43.4 Å². The van der Waals surface area contributed by atoms with E-state index in [9.17, 15) is 43.2 Å². The van der Waals surface area contributed by atoms with Crippen LogP contribution in [0, 0.1) is 17.8 Å². The third kappa shape index (κ3) is 74.7. The van der Waals surface area contributed by atoms with Crippen molar-refractivity contribution < 1.29 is 80.2 Å². The number of carbonyl (C=O) groups is 4. The molecule has 0 heterocycles. The zero-order chi connectivity index (χ0) is 74.4. The number of rotatable bonds is 80. The Kier molecular flexibility index (Phi) is 70.9. The molecule has 0 amide bonds. The minimum atomic E-state index is -4.96. The second-order valence-corrected chi connectivity index (χ2v) is 33.6. The number of unbranched alkanes of at least 4 members (excludes halogenated alkanes) is 47. The van der Waals surface area contributed by atoms with Crippen molar-refractivity contribution in [2.24, 2.45) is 17.8 Å². The Balaban J connectivity index is 5.22. The summed E-state index contributed by atoms with van der Waals surface area (Å²) in [6.45, 7) is 11.9. The number of esters is 4. The molecule has 101 heavy (non-hydrogen) atoms. The molecule has 0 bridgehead atoms. The Morgan fingerprint density at radius 2 is 0.505 bits per heavy atom. The number of hydrogen-bond donors (Lipinski definition) is 3. The molecular weight excluding hydrogens is 1320 g/mol. The van der Waals surface area contributed by atoms with E-state index in [1.54, 1.807) is 0 Å². The van der Waals surface area contributed by atoms with Crippen LogP contribution >= 0.6 is 15.6 Å². The number of aliphatic hydroxyl groups is 1. The average Bonchev–Trinajstić information content (AvgIpc) is 0.931. The van der Waals surface area contributed by atoms with Gasteiger partial charge in [-0.15, -0.1) is 0 Å². The van der Waals surface area contributed by atoms with E-state index in [-0.39, 0.29) is 25.7 Å². The fourth-order valence-corrected chi connectivity index (χ4v) is 14.2. The maximum atomic E-state index is 13.1. The van der Waals surface area contributed by atoms with Crippen molar-refractivity contribution in [1.82, 2.24) is 0 Å². The summed E-state index contributed by atoms with van der Waals surface area (Å²) in [6.07, 6.45) is 61.3. The lowest BCUT2D eigenvalue weighted by Crippen LogP contribution is -2.30.